The Balaban J connectivity index is 2.70. The molecule has 1 atom stereocenters. The molecule has 2 N–H and O–H groups in total. The van der Waals surface area contributed by atoms with Gasteiger partial charge in [-0.25, -0.2) is 0 Å². The fourth-order valence-corrected chi connectivity index (χ4v) is 1.01. The largest absolute Gasteiger partial charge is 0.321 e. The van der Waals surface area contributed by atoms with Gasteiger partial charge in [0.15, 0.2) is 0 Å². The van der Waals surface area contributed by atoms with Gasteiger partial charge in [-0.1, -0.05) is 12.1 Å². The van der Waals surface area contributed by atoms with E-state index in [1.807, 2.05) is 6.07 Å². The van der Waals surface area contributed by atoms with Crippen molar-refractivity contribution in [2.45, 2.75) is 12.5 Å². The molecule has 0 heterocycles. The van der Waals surface area contributed by atoms with Crippen LogP contribution in [-0.2, 0) is 11.2 Å². The summed E-state index contributed by atoms with van der Waals surface area (Å²) in [5, 5.41) is 8.52. The first kappa shape index (κ1) is 9.43. The predicted octanol–water partition coefficient (Wildman–Crippen LogP) is 0.538. The van der Waals surface area contributed by atoms with E-state index in [0.717, 1.165) is 5.56 Å². The highest BCUT2D eigenvalue weighted by Crippen LogP contribution is 2.04. The first-order chi connectivity index (χ1) is 6.26. The van der Waals surface area contributed by atoms with E-state index in [0.29, 0.717) is 12.0 Å². The Morgan fingerprint density at radius 1 is 1.38 bits per heavy atom. The Kier molecular flexibility index (Phi) is 3.18. The van der Waals surface area contributed by atoms with E-state index in [-0.39, 0.29) is 0 Å². The Labute approximate surface area is 76.8 Å². The van der Waals surface area contributed by atoms with Gasteiger partial charge in [0.1, 0.15) is 0 Å². The number of carbonyl (C=O) groups excluding carboxylic acids is 1. The van der Waals surface area contributed by atoms with Gasteiger partial charge < -0.3 is 5.73 Å². The summed E-state index contributed by atoms with van der Waals surface area (Å²) in [5.74, 6) is 0. The summed E-state index contributed by atoms with van der Waals surface area (Å²) >= 11 is 0. The molecule has 13 heavy (non-hydrogen) atoms. The number of nitriles is 1. The Morgan fingerprint density at radius 3 is 2.46 bits per heavy atom. The second kappa shape index (κ2) is 4.39. The molecular weight excluding hydrogens is 164 g/mol. The molecule has 65 valence electrons. The lowest BCUT2D eigenvalue weighted by molar-refractivity contribution is 0.541. The van der Waals surface area contributed by atoms with E-state index in [1.54, 1.807) is 30.6 Å². The fraction of sp³-hybridized carbons (Fsp3) is 0.200. The second-order valence-electron chi connectivity index (χ2n) is 2.74. The minimum absolute atomic E-state index is 0.467. The summed E-state index contributed by atoms with van der Waals surface area (Å²) in [7, 11) is 0. The Bertz CT molecular complexity index is 324. The van der Waals surface area contributed by atoms with Crippen molar-refractivity contribution in [3.05, 3.63) is 35.4 Å². The second-order valence-corrected chi connectivity index (χ2v) is 2.74. The molecule has 3 heteroatoms. The predicted molar refractivity (Wildman–Crippen MR) is 48.5 cm³/mol. The van der Waals surface area contributed by atoms with E-state index in [9.17, 15) is 4.79 Å². The molecule has 1 radical (unpaired) electrons. The van der Waals surface area contributed by atoms with Gasteiger partial charge in [-0.05, 0) is 24.1 Å². The zero-order valence-electron chi connectivity index (χ0n) is 7.03. The molecule has 0 saturated carbocycles. The summed E-state index contributed by atoms with van der Waals surface area (Å²) in [5.41, 5.74) is 6.93. The Morgan fingerprint density at radius 2 is 2.00 bits per heavy atom. The number of nitrogens with zero attached hydrogens (tertiary/aromatic N) is 1. The Hall–Kier alpha value is -1.66. The maximum absolute atomic E-state index is 10.1. The first-order valence-corrected chi connectivity index (χ1v) is 3.88. The molecule has 0 aromatic heterocycles. The van der Waals surface area contributed by atoms with Gasteiger partial charge >= 0.3 is 0 Å². The van der Waals surface area contributed by atoms with Crippen LogP contribution in [0, 0.1) is 11.3 Å². The van der Waals surface area contributed by atoms with Gasteiger partial charge in [0.05, 0.1) is 17.7 Å². The number of benzene rings is 1. The summed E-state index contributed by atoms with van der Waals surface area (Å²) in [4.78, 5) is 10.1. The zero-order chi connectivity index (χ0) is 9.68. The number of rotatable bonds is 3. The van der Waals surface area contributed by atoms with Crippen LogP contribution in [-0.4, -0.2) is 12.3 Å². The summed E-state index contributed by atoms with van der Waals surface area (Å²) < 4.78 is 0. The molecular formula is C10H9N2O. The lowest BCUT2D eigenvalue weighted by atomic mass is 10.1. The van der Waals surface area contributed by atoms with E-state index in [1.165, 1.54) is 0 Å². The maximum Gasteiger partial charge on any atom is 0.217 e. The zero-order valence-corrected chi connectivity index (χ0v) is 7.03. The molecule has 0 spiro atoms. The van der Waals surface area contributed by atoms with Crippen LogP contribution in [0.25, 0.3) is 0 Å². The average molecular weight is 173 g/mol. The van der Waals surface area contributed by atoms with Gasteiger partial charge in [-0.2, -0.15) is 5.26 Å². The van der Waals surface area contributed by atoms with Crippen molar-refractivity contribution < 1.29 is 4.79 Å². The molecule has 3 nitrogen and oxygen atoms in total. The quantitative estimate of drug-likeness (QED) is 0.725. The van der Waals surface area contributed by atoms with E-state index >= 15 is 0 Å². The van der Waals surface area contributed by atoms with Gasteiger partial charge in [0.25, 0.3) is 0 Å². The van der Waals surface area contributed by atoms with Crippen LogP contribution in [0.1, 0.15) is 11.1 Å². The van der Waals surface area contributed by atoms with Crippen molar-refractivity contribution in [1.82, 2.24) is 0 Å². The van der Waals surface area contributed by atoms with E-state index in [2.05, 4.69) is 0 Å². The van der Waals surface area contributed by atoms with Crippen LogP contribution >= 0.6 is 0 Å². The van der Waals surface area contributed by atoms with Crippen molar-refractivity contribution in [2.24, 2.45) is 5.73 Å². The van der Waals surface area contributed by atoms with Crippen molar-refractivity contribution in [2.75, 3.05) is 0 Å². The molecule has 0 unspecified atom stereocenters. The molecule has 0 aliphatic carbocycles. The van der Waals surface area contributed by atoms with Gasteiger partial charge in [0.2, 0.25) is 6.29 Å². The third-order valence-corrected chi connectivity index (χ3v) is 1.69. The average Bonchev–Trinajstić information content (AvgIpc) is 2.19. The van der Waals surface area contributed by atoms with Crippen LogP contribution in [0.2, 0.25) is 0 Å². The normalized spacial score (nSPS) is 11.7. The lowest BCUT2D eigenvalue weighted by Gasteiger charge is -2.02. The molecule has 0 aliphatic heterocycles. The van der Waals surface area contributed by atoms with Crippen molar-refractivity contribution in [1.29, 1.82) is 5.26 Å². The van der Waals surface area contributed by atoms with Crippen LogP contribution < -0.4 is 5.73 Å². The molecule has 0 saturated heterocycles. The van der Waals surface area contributed by atoms with Gasteiger partial charge in [0, 0.05) is 0 Å². The monoisotopic (exact) mass is 173 g/mol. The van der Waals surface area contributed by atoms with Crippen LogP contribution in [0.3, 0.4) is 0 Å². The standard InChI is InChI=1S/C10H9N2O/c11-6-9-3-1-8(2-4-9)5-10(12)7-13/h1-4,10H,5,12H2/t10-/m0/s1. The third-order valence-electron chi connectivity index (χ3n) is 1.69. The van der Waals surface area contributed by atoms with Crippen LogP contribution in [0.15, 0.2) is 24.3 Å². The highest BCUT2D eigenvalue weighted by molar-refractivity contribution is 5.58. The summed E-state index contributed by atoms with van der Waals surface area (Å²) in [6, 6.07) is 8.41. The molecule has 0 fully saturated rings. The number of hydrogen-bond acceptors (Lipinski definition) is 3. The van der Waals surface area contributed by atoms with Crippen LogP contribution in [0.5, 0.6) is 0 Å². The van der Waals surface area contributed by atoms with Crippen molar-refractivity contribution >= 4 is 6.29 Å². The summed E-state index contributed by atoms with van der Waals surface area (Å²) in [6.45, 7) is 0. The van der Waals surface area contributed by atoms with Crippen molar-refractivity contribution in [3.8, 4) is 6.07 Å². The minimum Gasteiger partial charge on any atom is -0.321 e. The third kappa shape index (κ3) is 2.69. The molecule has 0 bridgehead atoms. The fourth-order valence-electron chi connectivity index (χ4n) is 1.01. The first-order valence-electron chi connectivity index (χ1n) is 3.88. The number of nitrogens with two attached hydrogens (primary N) is 1. The van der Waals surface area contributed by atoms with E-state index in [4.69, 9.17) is 11.0 Å². The molecule has 1 aromatic rings. The summed E-state index contributed by atoms with van der Waals surface area (Å²) in [6.07, 6.45) is 2.17. The topological polar surface area (TPSA) is 66.9 Å². The van der Waals surface area contributed by atoms with E-state index < -0.39 is 6.04 Å². The SMILES string of the molecule is N#Cc1ccc(C[C@H](N)[C]=O)cc1. The van der Waals surface area contributed by atoms with Gasteiger partial charge in [-0.15, -0.1) is 0 Å². The minimum atomic E-state index is -0.576. The van der Waals surface area contributed by atoms with Crippen molar-refractivity contribution in [3.63, 3.8) is 0 Å². The molecule has 1 aromatic carbocycles. The number of hydrogen-bond donors (Lipinski definition) is 1. The highest BCUT2D eigenvalue weighted by Gasteiger charge is 2.02. The molecule has 1 rings (SSSR count). The van der Waals surface area contributed by atoms with Crippen LogP contribution in [0.4, 0.5) is 0 Å². The maximum atomic E-state index is 10.1. The molecule has 0 aliphatic rings. The molecule has 0 amide bonds. The lowest BCUT2D eigenvalue weighted by Crippen LogP contribution is -2.23. The highest BCUT2D eigenvalue weighted by atomic mass is 16.1. The van der Waals surface area contributed by atoms with Gasteiger partial charge in [-0.3, -0.25) is 4.79 Å². The smallest absolute Gasteiger partial charge is 0.217 e.